The second-order valence-corrected chi connectivity index (χ2v) is 8.73. The molecule has 0 atom stereocenters. The predicted molar refractivity (Wildman–Crippen MR) is 119 cm³/mol. The van der Waals surface area contributed by atoms with Crippen molar-refractivity contribution >= 4 is 16.9 Å². The predicted octanol–water partition coefficient (Wildman–Crippen LogP) is 4.08. The second kappa shape index (κ2) is 9.38. The molecule has 1 aromatic heterocycles. The van der Waals surface area contributed by atoms with Crippen molar-refractivity contribution in [1.82, 2.24) is 15.0 Å². The molecule has 0 saturated carbocycles. The maximum atomic E-state index is 13.4. The number of rotatable bonds is 7. The molecule has 2 fully saturated rings. The van der Waals surface area contributed by atoms with Gasteiger partial charge in [0.05, 0.1) is 24.9 Å². The fraction of sp³-hybridized carbons (Fsp3) is 0.440. The van der Waals surface area contributed by atoms with E-state index in [2.05, 4.69) is 10.1 Å². The van der Waals surface area contributed by atoms with Crippen LogP contribution >= 0.6 is 0 Å². The average Bonchev–Trinajstić information content (AvgIpc) is 3.21. The number of nitrogens with zero attached hydrogens (tertiary/aromatic N) is 3. The van der Waals surface area contributed by atoms with Crippen LogP contribution < -0.4 is 0 Å². The number of carbonyl (C=O) groups is 1. The van der Waals surface area contributed by atoms with E-state index in [-0.39, 0.29) is 17.8 Å². The van der Waals surface area contributed by atoms with Crippen LogP contribution in [0.3, 0.4) is 0 Å². The van der Waals surface area contributed by atoms with Gasteiger partial charge in [0, 0.05) is 29.5 Å². The molecule has 32 heavy (non-hydrogen) atoms. The Morgan fingerprint density at radius 1 is 1.12 bits per heavy atom. The summed E-state index contributed by atoms with van der Waals surface area (Å²) in [5, 5.41) is 5.16. The number of likely N-dealkylation sites (tertiary alicyclic amines) is 1. The van der Waals surface area contributed by atoms with Crippen molar-refractivity contribution in [2.75, 3.05) is 39.4 Å². The highest BCUT2D eigenvalue weighted by Gasteiger charge is 2.30. The minimum absolute atomic E-state index is 0.0898. The van der Waals surface area contributed by atoms with Crippen molar-refractivity contribution in [1.29, 1.82) is 0 Å². The quantitative estimate of drug-likeness (QED) is 0.558. The lowest BCUT2D eigenvalue weighted by Gasteiger charge is -2.38. The van der Waals surface area contributed by atoms with Crippen molar-refractivity contribution < 1.29 is 18.4 Å². The van der Waals surface area contributed by atoms with Gasteiger partial charge >= 0.3 is 0 Å². The zero-order valence-corrected chi connectivity index (χ0v) is 18.1. The summed E-state index contributed by atoms with van der Waals surface area (Å²) in [5.74, 6) is 0.122. The Kier molecular flexibility index (Phi) is 6.19. The van der Waals surface area contributed by atoms with Crippen LogP contribution in [0.1, 0.15) is 41.2 Å². The summed E-state index contributed by atoms with van der Waals surface area (Å²) in [6.07, 6.45) is 2.94. The van der Waals surface area contributed by atoms with Gasteiger partial charge in [-0.05, 0) is 63.2 Å². The summed E-state index contributed by atoms with van der Waals surface area (Å²) in [6, 6.07) is 14.3. The third-order valence-corrected chi connectivity index (χ3v) is 6.65. The van der Waals surface area contributed by atoms with E-state index in [9.17, 15) is 9.18 Å². The summed E-state index contributed by atoms with van der Waals surface area (Å²) in [5.41, 5.74) is 2.20. The molecule has 0 spiro atoms. The maximum Gasteiger partial charge on any atom is 0.254 e. The van der Waals surface area contributed by atoms with E-state index in [0.29, 0.717) is 24.7 Å². The summed E-state index contributed by atoms with van der Waals surface area (Å²) in [7, 11) is 0. The Bertz CT molecular complexity index is 1060. The van der Waals surface area contributed by atoms with Gasteiger partial charge in [-0.1, -0.05) is 23.4 Å². The van der Waals surface area contributed by atoms with Gasteiger partial charge in [-0.25, -0.2) is 4.39 Å². The van der Waals surface area contributed by atoms with Crippen molar-refractivity contribution in [2.45, 2.75) is 31.2 Å². The minimum atomic E-state index is -0.303. The lowest BCUT2D eigenvalue weighted by molar-refractivity contribution is -0.0547. The molecule has 6 nitrogen and oxygen atoms in total. The number of hydrogen-bond donors (Lipinski definition) is 0. The fourth-order valence-electron chi connectivity index (χ4n) is 4.72. The van der Waals surface area contributed by atoms with Gasteiger partial charge in [0.2, 0.25) is 0 Å². The summed E-state index contributed by atoms with van der Waals surface area (Å²) >= 11 is 0. The van der Waals surface area contributed by atoms with Crippen LogP contribution in [-0.2, 0) is 4.74 Å². The number of benzene rings is 2. The van der Waals surface area contributed by atoms with Crippen molar-refractivity contribution in [2.24, 2.45) is 0 Å². The number of halogens is 1. The maximum absolute atomic E-state index is 13.4. The van der Waals surface area contributed by atoms with E-state index in [1.54, 1.807) is 6.07 Å². The Morgan fingerprint density at radius 3 is 2.62 bits per heavy atom. The second-order valence-electron chi connectivity index (χ2n) is 8.73. The summed E-state index contributed by atoms with van der Waals surface area (Å²) < 4.78 is 24.1. The molecule has 2 saturated heterocycles. The zero-order valence-electron chi connectivity index (χ0n) is 18.1. The number of amides is 1. The van der Waals surface area contributed by atoms with Gasteiger partial charge < -0.3 is 19.1 Å². The molecule has 168 valence electrons. The summed E-state index contributed by atoms with van der Waals surface area (Å²) in [6.45, 7) is 4.92. The molecule has 0 bridgehead atoms. The SMILES string of the molecule is O=C(c1ccccc1)N(CCCN1CCC(c2noc3cc(F)ccc23)CC1)C1COC1. The third-order valence-electron chi connectivity index (χ3n) is 6.65. The molecule has 1 amide bonds. The topological polar surface area (TPSA) is 58.8 Å². The number of hydrogen-bond acceptors (Lipinski definition) is 5. The minimum Gasteiger partial charge on any atom is -0.377 e. The first-order valence-electron chi connectivity index (χ1n) is 11.4. The Balaban J connectivity index is 1.13. The largest absolute Gasteiger partial charge is 0.377 e. The van der Waals surface area contributed by atoms with E-state index in [1.807, 2.05) is 35.2 Å². The van der Waals surface area contributed by atoms with Crippen molar-refractivity contribution in [3.8, 4) is 0 Å². The van der Waals surface area contributed by atoms with Crippen LogP contribution in [-0.4, -0.2) is 66.3 Å². The van der Waals surface area contributed by atoms with Crippen LogP contribution in [0.2, 0.25) is 0 Å². The molecule has 0 unspecified atom stereocenters. The van der Waals surface area contributed by atoms with E-state index in [1.165, 1.54) is 12.1 Å². The number of piperidine rings is 1. The fourth-order valence-corrected chi connectivity index (χ4v) is 4.72. The van der Waals surface area contributed by atoms with Crippen molar-refractivity contribution in [3.05, 3.63) is 65.6 Å². The lowest BCUT2D eigenvalue weighted by atomic mass is 9.91. The third kappa shape index (κ3) is 4.40. The molecule has 7 heteroatoms. The zero-order chi connectivity index (χ0) is 21.9. The molecule has 3 aromatic rings. The number of fused-ring (bicyclic) bond motifs is 1. The highest BCUT2D eigenvalue weighted by Crippen LogP contribution is 2.32. The number of carbonyl (C=O) groups excluding carboxylic acids is 1. The first kappa shape index (κ1) is 21.1. The summed E-state index contributed by atoms with van der Waals surface area (Å²) in [4.78, 5) is 17.4. The Hall–Kier alpha value is -2.77. The highest BCUT2D eigenvalue weighted by molar-refractivity contribution is 5.94. The van der Waals surface area contributed by atoms with Crippen LogP contribution in [0, 0.1) is 5.82 Å². The number of ether oxygens (including phenoxy) is 1. The Labute approximate surface area is 186 Å². The van der Waals surface area contributed by atoms with Gasteiger partial charge in [-0.15, -0.1) is 0 Å². The first-order chi connectivity index (χ1) is 15.7. The number of aromatic nitrogens is 1. The molecule has 0 N–H and O–H groups in total. The van der Waals surface area contributed by atoms with Gasteiger partial charge in [0.15, 0.2) is 5.58 Å². The van der Waals surface area contributed by atoms with E-state index in [0.717, 1.165) is 62.1 Å². The van der Waals surface area contributed by atoms with Gasteiger partial charge in [0.1, 0.15) is 5.82 Å². The average molecular weight is 438 g/mol. The first-order valence-corrected chi connectivity index (χ1v) is 11.4. The monoisotopic (exact) mass is 437 g/mol. The van der Waals surface area contributed by atoms with E-state index in [4.69, 9.17) is 9.26 Å². The van der Waals surface area contributed by atoms with Crippen molar-refractivity contribution in [3.63, 3.8) is 0 Å². The van der Waals surface area contributed by atoms with Crippen LogP contribution in [0.15, 0.2) is 53.1 Å². The molecular formula is C25H28FN3O3. The standard InChI is InChI=1S/C25H28FN3O3/c26-20-7-8-22-23(15-20)32-27-24(22)18-9-13-28(14-10-18)11-4-12-29(21-16-31-17-21)25(30)19-5-2-1-3-6-19/h1-3,5-8,15,18,21H,4,9-14,16-17H2. The molecule has 0 radical (unpaired) electrons. The lowest BCUT2D eigenvalue weighted by Crippen LogP contribution is -2.52. The molecule has 2 aliphatic heterocycles. The van der Waals surface area contributed by atoms with Crippen LogP contribution in [0.4, 0.5) is 4.39 Å². The highest BCUT2D eigenvalue weighted by atomic mass is 19.1. The molecule has 2 aromatic carbocycles. The van der Waals surface area contributed by atoms with Gasteiger partial charge in [-0.3, -0.25) is 4.79 Å². The van der Waals surface area contributed by atoms with Gasteiger partial charge in [-0.2, -0.15) is 0 Å². The van der Waals surface area contributed by atoms with Crippen LogP contribution in [0.5, 0.6) is 0 Å². The van der Waals surface area contributed by atoms with Gasteiger partial charge in [0.25, 0.3) is 5.91 Å². The van der Waals surface area contributed by atoms with E-state index < -0.39 is 0 Å². The van der Waals surface area contributed by atoms with Crippen LogP contribution in [0.25, 0.3) is 11.0 Å². The smallest absolute Gasteiger partial charge is 0.254 e. The molecular weight excluding hydrogens is 409 g/mol. The Morgan fingerprint density at radius 2 is 1.91 bits per heavy atom. The molecule has 3 heterocycles. The molecule has 0 aliphatic carbocycles. The van der Waals surface area contributed by atoms with E-state index >= 15 is 0 Å². The molecule has 5 rings (SSSR count). The molecule has 2 aliphatic rings. The normalized spacial score (nSPS) is 18.0.